The first-order valence-corrected chi connectivity index (χ1v) is 7.57. The monoisotopic (exact) mass is 272 g/mol. The standard InChI is InChI=1S/C17H24N2O/c1-4-6-11-14-15(9-5-2)18-19(17(14)20)16-12-8-7-10-13(16)3/h7-8,10,12,18H,4-6,9,11H2,1-3H3. The maximum absolute atomic E-state index is 12.7. The van der Waals surface area contributed by atoms with Crippen molar-refractivity contribution in [1.29, 1.82) is 0 Å². The first kappa shape index (κ1) is 14.6. The van der Waals surface area contributed by atoms with Crippen molar-refractivity contribution < 1.29 is 0 Å². The van der Waals surface area contributed by atoms with Gasteiger partial charge in [0, 0.05) is 11.3 Å². The Morgan fingerprint density at radius 3 is 2.50 bits per heavy atom. The van der Waals surface area contributed by atoms with Crippen LogP contribution in [0.5, 0.6) is 0 Å². The van der Waals surface area contributed by atoms with E-state index in [2.05, 4.69) is 18.9 Å². The molecule has 0 fully saturated rings. The fraction of sp³-hybridized carbons (Fsp3) is 0.471. The Bertz CT molecular complexity index is 622. The average molecular weight is 272 g/mol. The van der Waals surface area contributed by atoms with E-state index in [1.807, 2.05) is 31.2 Å². The fourth-order valence-electron chi connectivity index (χ4n) is 2.57. The molecular formula is C17H24N2O. The van der Waals surface area contributed by atoms with Gasteiger partial charge in [0.1, 0.15) is 0 Å². The van der Waals surface area contributed by atoms with Crippen molar-refractivity contribution in [2.24, 2.45) is 0 Å². The van der Waals surface area contributed by atoms with Crippen LogP contribution in [-0.2, 0) is 12.8 Å². The fourth-order valence-corrected chi connectivity index (χ4v) is 2.57. The molecule has 1 N–H and O–H groups in total. The summed E-state index contributed by atoms with van der Waals surface area (Å²) in [6.07, 6.45) is 5.04. The zero-order valence-electron chi connectivity index (χ0n) is 12.7. The second kappa shape index (κ2) is 6.60. The van der Waals surface area contributed by atoms with Crippen molar-refractivity contribution >= 4 is 0 Å². The third kappa shape index (κ3) is 2.87. The summed E-state index contributed by atoms with van der Waals surface area (Å²) in [6, 6.07) is 8.00. The highest BCUT2D eigenvalue weighted by Gasteiger charge is 2.14. The molecule has 0 saturated heterocycles. The number of nitrogens with zero attached hydrogens (tertiary/aromatic N) is 1. The Kier molecular flexibility index (Phi) is 4.83. The summed E-state index contributed by atoms with van der Waals surface area (Å²) in [5.41, 5.74) is 4.26. The van der Waals surface area contributed by atoms with E-state index in [9.17, 15) is 4.79 Å². The lowest BCUT2D eigenvalue weighted by Gasteiger charge is -2.05. The molecule has 0 saturated carbocycles. The first-order chi connectivity index (χ1) is 9.69. The highest BCUT2D eigenvalue weighted by molar-refractivity contribution is 5.40. The number of benzene rings is 1. The van der Waals surface area contributed by atoms with E-state index >= 15 is 0 Å². The molecule has 3 nitrogen and oxygen atoms in total. The van der Waals surface area contributed by atoms with Gasteiger partial charge in [0.2, 0.25) is 0 Å². The summed E-state index contributed by atoms with van der Waals surface area (Å²) < 4.78 is 1.71. The normalized spacial score (nSPS) is 10.9. The van der Waals surface area contributed by atoms with Crippen molar-refractivity contribution in [1.82, 2.24) is 9.78 Å². The Morgan fingerprint density at radius 1 is 1.10 bits per heavy atom. The number of nitrogens with one attached hydrogen (secondary N) is 1. The Morgan fingerprint density at radius 2 is 1.85 bits per heavy atom. The molecule has 20 heavy (non-hydrogen) atoms. The molecule has 3 heteroatoms. The van der Waals surface area contributed by atoms with E-state index < -0.39 is 0 Å². The van der Waals surface area contributed by atoms with Gasteiger partial charge in [0.05, 0.1) is 5.69 Å². The van der Waals surface area contributed by atoms with Gasteiger partial charge >= 0.3 is 0 Å². The SMILES string of the molecule is CCCCc1c(CCC)[nH]n(-c2ccccc2C)c1=O. The number of hydrogen-bond acceptors (Lipinski definition) is 1. The number of hydrogen-bond donors (Lipinski definition) is 1. The van der Waals surface area contributed by atoms with E-state index in [1.165, 1.54) is 0 Å². The van der Waals surface area contributed by atoms with E-state index in [-0.39, 0.29) is 5.56 Å². The third-order valence-electron chi connectivity index (χ3n) is 3.71. The molecule has 2 rings (SSSR count). The zero-order chi connectivity index (χ0) is 14.5. The molecule has 0 radical (unpaired) electrons. The lowest BCUT2D eigenvalue weighted by Crippen LogP contribution is -2.18. The molecular weight excluding hydrogens is 248 g/mol. The molecule has 0 spiro atoms. The van der Waals surface area contributed by atoms with Gasteiger partial charge in [-0.05, 0) is 37.8 Å². The summed E-state index contributed by atoms with van der Waals surface area (Å²) in [4.78, 5) is 12.7. The average Bonchev–Trinajstić information content (AvgIpc) is 2.74. The summed E-state index contributed by atoms with van der Waals surface area (Å²) in [5, 5.41) is 3.32. The molecule has 0 amide bonds. The molecule has 1 aromatic carbocycles. The largest absolute Gasteiger partial charge is 0.295 e. The van der Waals surface area contributed by atoms with E-state index in [1.54, 1.807) is 4.68 Å². The van der Waals surface area contributed by atoms with Crippen molar-refractivity contribution in [3.8, 4) is 5.69 Å². The third-order valence-corrected chi connectivity index (χ3v) is 3.71. The molecule has 0 atom stereocenters. The Labute approximate surface area is 120 Å². The number of unbranched alkanes of at least 4 members (excludes halogenated alkanes) is 1. The maximum Gasteiger partial charge on any atom is 0.274 e. The Hall–Kier alpha value is -1.77. The van der Waals surface area contributed by atoms with Crippen molar-refractivity contribution in [2.75, 3.05) is 0 Å². The first-order valence-electron chi connectivity index (χ1n) is 7.57. The van der Waals surface area contributed by atoms with Crippen LogP contribution in [0, 0.1) is 6.92 Å². The van der Waals surface area contributed by atoms with Gasteiger partial charge in [-0.1, -0.05) is 44.9 Å². The van der Waals surface area contributed by atoms with Crippen LogP contribution in [0.15, 0.2) is 29.1 Å². The van der Waals surface area contributed by atoms with Gasteiger partial charge < -0.3 is 0 Å². The van der Waals surface area contributed by atoms with Crippen LogP contribution in [0.25, 0.3) is 5.69 Å². The second-order valence-electron chi connectivity index (χ2n) is 5.35. The van der Waals surface area contributed by atoms with Gasteiger partial charge in [-0.3, -0.25) is 9.89 Å². The van der Waals surface area contributed by atoms with Crippen LogP contribution in [0.1, 0.15) is 49.9 Å². The minimum atomic E-state index is 0.121. The number of para-hydroxylation sites is 1. The van der Waals surface area contributed by atoms with E-state index in [4.69, 9.17) is 0 Å². The lowest BCUT2D eigenvalue weighted by molar-refractivity contribution is 0.773. The highest BCUT2D eigenvalue weighted by Crippen LogP contribution is 2.14. The van der Waals surface area contributed by atoms with Crippen LogP contribution in [0.3, 0.4) is 0 Å². The molecule has 0 bridgehead atoms. The topological polar surface area (TPSA) is 37.8 Å². The number of aromatic amines is 1. The predicted molar refractivity (Wildman–Crippen MR) is 83.7 cm³/mol. The summed E-state index contributed by atoms with van der Waals surface area (Å²) in [5.74, 6) is 0. The van der Waals surface area contributed by atoms with Crippen molar-refractivity contribution in [2.45, 2.75) is 52.9 Å². The predicted octanol–water partition coefficient (Wildman–Crippen LogP) is 3.77. The number of aromatic nitrogens is 2. The van der Waals surface area contributed by atoms with Crippen molar-refractivity contribution in [3.63, 3.8) is 0 Å². The molecule has 1 heterocycles. The van der Waals surface area contributed by atoms with Crippen LogP contribution in [0.2, 0.25) is 0 Å². The van der Waals surface area contributed by atoms with Gasteiger partial charge in [-0.25, -0.2) is 4.68 Å². The van der Waals surface area contributed by atoms with Gasteiger partial charge in [0.25, 0.3) is 5.56 Å². The lowest BCUT2D eigenvalue weighted by atomic mass is 10.1. The van der Waals surface area contributed by atoms with Crippen LogP contribution in [0.4, 0.5) is 0 Å². The molecule has 0 aliphatic rings. The zero-order valence-corrected chi connectivity index (χ0v) is 12.7. The maximum atomic E-state index is 12.7. The van der Waals surface area contributed by atoms with E-state index in [0.29, 0.717) is 0 Å². The van der Waals surface area contributed by atoms with Gasteiger partial charge in [-0.2, -0.15) is 0 Å². The van der Waals surface area contributed by atoms with Gasteiger partial charge in [-0.15, -0.1) is 0 Å². The molecule has 0 aliphatic carbocycles. The summed E-state index contributed by atoms with van der Waals surface area (Å²) in [7, 11) is 0. The number of rotatable bonds is 6. The quantitative estimate of drug-likeness (QED) is 0.854. The minimum absolute atomic E-state index is 0.121. The Balaban J connectivity index is 2.50. The molecule has 0 aliphatic heterocycles. The smallest absolute Gasteiger partial charge is 0.274 e. The van der Waals surface area contributed by atoms with Gasteiger partial charge in [0.15, 0.2) is 0 Å². The number of aryl methyl sites for hydroxylation is 2. The summed E-state index contributed by atoms with van der Waals surface area (Å²) in [6.45, 7) is 6.34. The number of H-pyrrole nitrogens is 1. The van der Waals surface area contributed by atoms with Crippen LogP contribution < -0.4 is 5.56 Å². The molecule has 2 aromatic rings. The van der Waals surface area contributed by atoms with Crippen LogP contribution >= 0.6 is 0 Å². The summed E-state index contributed by atoms with van der Waals surface area (Å²) >= 11 is 0. The second-order valence-corrected chi connectivity index (χ2v) is 5.35. The molecule has 108 valence electrons. The molecule has 0 unspecified atom stereocenters. The molecule has 1 aromatic heterocycles. The van der Waals surface area contributed by atoms with E-state index in [0.717, 1.165) is 54.6 Å². The van der Waals surface area contributed by atoms with Crippen molar-refractivity contribution in [3.05, 3.63) is 51.4 Å². The minimum Gasteiger partial charge on any atom is -0.295 e. The van der Waals surface area contributed by atoms with Crippen LogP contribution in [-0.4, -0.2) is 9.78 Å². The highest BCUT2D eigenvalue weighted by atomic mass is 16.1.